The van der Waals surface area contributed by atoms with Crippen LogP contribution in [0.5, 0.6) is 0 Å². The second kappa shape index (κ2) is 14.9. The van der Waals surface area contributed by atoms with E-state index < -0.39 is 91.0 Å². The van der Waals surface area contributed by atoms with Gasteiger partial charge in [0.2, 0.25) is 11.8 Å². The minimum Gasteiger partial charge on any atom is -0.458 e. The second-order valence-electron chi connectivity index (χ2n) is 16.5. The van der Waals surface area contributed by atoms with Gasteiger partial charge in [-0.3, -0.25) is 19.2 Å². The van der Waals surface area contributed by atoms with E-state index in [9.17, 15) is 35.1 Å². The van der Waals surface area contributed by atoms with Crippen LogP contribution in [0.15, 0.2) is 30.3 Å². The van der Waals surface area contributed by atoms with E-state index in [4.69, 9.17) is 28.5 Å². The molecule has 0 spiro atoms. The first-order valence-electron chi connectivity index (χ1n) is 20.0. The molecule has 3 aliphatic carbocycles. The van der Waals surface area contributed by atoms with Crippen LogP contribution in [0.25, 0.3) is 6.08 Å². The zero-order valence-corrected chi connectivity index (χ0v) is 31.0. The molecular formula is C39H51N3O14. The number of rotatable bonds is 13. The average Bonchev–Trinajstić information content (AvgIpc) is 4.12. The highest BCUT2D eigenvalue weighted by Crippen LogP contribution is 2.64. The maximum absolute atomic E-state index is 15.2. The van der Waals surface area contributed by atoms with Crippen LogP contribution in [0.1, 0.15) is 56.1 Å². The largest absolute Gasteiger partial charge is 0.458 e. The number of aliphatic hydroxyl groups excluding tert-OH is 5. The van der Waals surface area contributed by atoms with Gasteiger partial charge in [0.25, 0.3) is 0 Å². The minimum atomic E-state index is -1.56. The SMILES string of the molecule is O=C(NCCO)[C@H]1CCCN1C(=O)[C@@]12C[C@H]3OC(=O)[C@@H]1N(Cc1ccccc1C=CCO[C@H]1O[C@H](CO)[C@H](O)[C@H](O)[C@H]1O)O[C@@H]2[C@H]1OC(C2CC2)(C2CC2)O[C@H]13. The van der Waals surface area contributed by atoms with Crippen molar-refractivity contribution in [2.75, 3.05) is 32.9 Å². The summed E-state index contributed by atoms with van der Waals surface area (Å²) in [6.45, 7) is -0.389. The van der Waals surface area contributed by atoms with Crippen molar-refractivity contribution in [3.05, 3.63) is 41.5 Å². The topological polar surface area (TPSA) is 226 Å². The van der Waals surface area contributed by atoms with Gasteiger partial charge < -0.3 is 59.4 Å². The minimum absolute atomic E-state index is 0.0553. The molecule has 1 aromatic carbocycles. The van der Waals surface area contributed by atoms with E-state index in [0.29, 0.717) is 19.4 Å². The third kappa shape index (κ3) is 6.30. The van der Waals surface area contributed by atoms with Gasteiger partial charge in [0.15, 0.2) is 18.1 Å². The molecule has 8 aliphatic rings. The molecule has 306 valence electrons. The molecular weight excluding hydrogens is 734 g/mol. The van der Waals surface area contributed by atoms with Gasteiger partial charge in [0.1, 0.15) is 60.3 Å². The molecule has 9 rings (SSSR count). The van der Waals surface area contributed by atoms with Crippen LogP contribution in [0.2, 0.25) is 0 Å². The van der Waals surface area contributed by atoms with E-state index in [2.05, 4.69) is 5.32 Å². The maximum atomic E-state index is 15.2. The summed E-state index contributed by atoms with van der Waals surface area (Å²) in [5.74, 6) is -1.68. The Morgan fingerprint density at radius 3 is 2.46 bits per heavy atom. The molecule has 1 aromatic rings. The lowest BCUT2D eigenvalue weighted by Gasteiger charge is -2.50. The molecule has 6 N–H and O–H groups in total. The third-order valence-electron chi connectivity index (χ3n) is 13.0. The molecule has 5 aliphatic heterocycles. The number of hydroxylamine groups is 2. The van der Waals surface area contributed by atoms with Gasteiger partial charge in [-0.05, 0) is 49.7 Å². The van der Waals surface area contributed by atoms with Crippen LogP contribution in [-0.4, -0.2) is 159 Å². The average molecular weight is 786 g/mol. The van der Waals surface area contributed by atoms with E-state index in [-0.39, 0.29) is 56.4 Å². The molecule has 56 heavy (non-hydrogen) atoms. The van der Waals surface area contributed by atoms with Gasteiger partial charge in [-0.2, -0.15) is 5.06 Å². The lowest BCUT2D eigenvalue weighted by Crippen LogP contribution is -2.70. The molecule has 0 aromatic heterocycles. The number of ether oxygens (including phenoxy) is 5. The first kappa shape index (κ1) is 38.4. The molecule has 5 saturated heterocycles. The molecule has 0 unspecified atom stereocenters. The Labute approximate surface area is 323 Å². The normalized spacial score (nSPS) is 40.2. The Bertz CT molecular complexity index is 1690. The summed E-state index contributed by atoms with van der Waals surface area (Å²) < 4.78 is 31.1. The molecule has 2 bridgehead atoms. The molecule has 12 atom stereocenters. The first-order valence-corrected chi connectivity index (χ1v) is 20.0. The fourth-order valence-corrected chi connectivity index (χ4v) is 10.0. The van der Waals surface area contributed by atoms with Gasteiger partial charge in [0.05, 0.1) is 26.4 Å². The summed E-state index contributed by atoms with van der Waals surface area (Å²) in [6.07, 6.45) is -1.39. The smallest absolute Gasteiger partial charge is 0.327 e. The van der Waals surface area contributed by atoms with Crippen molar-refractivity contribution in [3.63, 3.8) is 0 Å². The van der Waals surface area contributed by atoms with E-state index >= 15 is 4.79 Å². The Morgan fingerprint density at radius 1 is 0.982 bits per heavy atom. The van der Waals surface area contributed by atoms with Crippen LogP contribution in [-0.2, 0) is 49.5 Å². The van der Waals surface area contributed by atoms with Gasteiger partial charge in [-0.1, -0.05) is 36.4 Å². The number of fused-ring (bicyclic) bond motifs is 4. The molecule has 2 amide bonds. The van der Waals surface area contributed by atoms with E-state index in [0.717, 1.165) is 36.8 Å². The van der Waals surface area contributed by atoms with Gasteiger partial charge in [-0.25, -0.2) is 0 Å². The predicted octanol–water partition coefficient (Wildman–Crippen LogP) is -1.28. The maximum Gasteiger partial charge on any atom is 0.327 e. The Morgan fingerprint density at radius 2 is 1.73 bits per heavy atom. The van der Waals surface area contributed by atoms with Crippen LogP contribution in [0.4, 0.5) is 0 Å². The highest BCUT2D eigenvalue weighted by molar-refractivity contribution is 5.96. The number of benzene rings is 1. The van der Waals surface area contributed by atoms with Gasteiger partial charge >= 0.3 is 5.97 Å². The number of hydrogen-bond donors (Lipinski definition) is 6. The summed E-state index contributed by atoms with van der Waals surface area (Å²) >= 11 is 0. The Balaban J connectivity index is 0.998. The number of esters is 1. The Kier molecular flexibility index (Phi) is 10.3. The van der Waals surface area contributed by atoms with Crippen molar-refractivity contribution in [3.8, 4) is 0 Å². The zero-order chi connectivity index (χ0) is 38.9. The lowest BCUT2D eigenvalue weighted by molar-refractivity contribution is -0.298. The highest BCUT2D eigenvalue weighted by Gasteiger charge is 2.78. The molecule has 17 heteroatoms. The van der Waals surface area contributed by atoms with Crippen molar-refractivity contribution in [2.45, 2.75) is 124 Å². The van der Waals surface area contributed by atoms with Gasteiger partial charge in [-0.15, -0.1) is 0 Å². The van der Waals surface area contributed by atoms with Crippen LogP contribution in [0, 0.1) is 17.3 Å². The zero-order valence-electron chi connectivity index (χ0n) is 31.0. The van der Waals surface area contributed by atoms with Crippen molar-refractivity contribution < 1.29 is 68.4 Å². The van der Waals surface area contributed by atoms with Crippen LogP contribution >= 0.6 is 0 Å². The summed E-state index contributed by atoms with van der Waals surface area (Å²) in [5.41, 5.74) is 0.0591. The number of amides is 2. The number of hydrogen-bond acceptors (Lipinski definition) is 15. The fourth-order valence-electron chi connectivity index (χ4n) is 10.0. The van der Waals surface area contributed by atoms with Crippen molar-refractivity contribution in [2.24, 2.45) is 17.3 Å². The molecule has 5 heterocycles. The van der Waals surface area contributed by atoms with Crippen LogP contribution in [0.3, 0.4) is 0 Å². The first-order chi connectivity index (χ1) is 27.1. The number of carbonyl (C=O) groups excluding carboxylic acids is 3. The molecule has 3 saturated carbocycles. The summed E-state index contributed by atoms with van der Waals surface area (Å²) in [6, 6.07) is 5.52. The summed E-state index contributed by atoms with van der Waals surface area (Å²) in [7, 11) is 0. The highest BCUT2D eigenvalue weighted by atomic mass is 16.8. The number of nitrogens with zero attached hydrogens (tertiary/aromatic N) is 2. The molecule has 8 fully saturated rings. The van der Waals surface area contributed by atoms with Crippen LogP contribution < -0.4 is 5.32 Å². The molecule has 17 nitrogen and oxygen atoms in total. The van der Waals surface area contributed by atoms with Crippen molar-refractivity contribution >= 4 is 23.9 Å². The van der Waals surface area contributed by atoms with Crippen molar-refractivity contribution in [1.82, 2.24) is 15.3 Å². The van der Waals surface area contributed by atoms with E-state index in [1.807, 2.05) is 24.3 Å². The number of likely N-dealkylation sites (tertiary alicyclic amines) is 1. The predicted molar refractivity (Wildman–Crippen MR) is 189 cm³/mol. The fraction of sp³-hybridized carbons (Fsp3) is 0.718. The second-order valence-corrected chi connectivity index (χ2v) is 16.5. The van der Waals surface area contributed by atoms with Gasteiger partial charge in [0, 0.05) is 31.3 Å². The molecule has 0 radical (unpaired) electrons. The number of nitrogens with one attached hydrogen (secondary N) is 1. The summed E-state index contributed by atoms with van der Waals surface area (Å²) in [5, 5.41) is 53.7. The Hall–Kier alpha value is -3.07. The third-order valence-corrected chi connectivity index (χ3v) is 13.0. The quantitative estimate of drug-likeness (QED) is 0.128. The van der Waals surface area contributed by atoms with E-state index in [1.54, 1.807) is 17.1 Å². The lowest BCUT2D eigenvalue weighted by atomic mass is 9.62. The van der Waals surface area contributed by atoms with E-state index in [1.165, 1.54) is 5.06 Å². The standard InChI is InChI=1S/C39H51N3O14/c43-15-13-40-34(48)24-8-3-14-41(24)37(50)38-17-25-30-31(55-39(54-30,22-9-10-22)23-11-12-23)33(38)56-42(32(38)35(49)52-25)18-21-6-2-1-5-20(21)7-4-16-51-36-29(47)28(46)27(45)26(19-44)53-36/h1-2,4-7,22-33,36,43-47H,3,8-19H2,(H,40,48)/t24-,25-,26-,27+,28+,29-,30+,31+,32+,33-,36+,38+/m1/s1. The van der Waals surface area contributed by atoms with Crippen molar-refractivity contribution in [1.29, 1.82) is 0 Å². The number of aliphatic hydroxyl groups is 5. The monoisotopic (exact) mass is 785 g/mol. The summed E-state index contributed by atoms with van der Waals surface area (Å²) in [4.78, 5) is 51.2. The number of carbonyl (C=O) groups is 3.